The van der Waals surface area contributed by atoms with E-state index >= 15 is 0 Å². The quantitative estimate of drug-likeness (QED) is 0.887. The molecule has 1 aromatic carbocycles. The Bertz CT molecular complexity index is 708. The van der Waals surface area contributed by atoms with Crippen LogP contribution >= 0.6 is 11.3 Å². The van der Waals surface area contributed by atoms with Gasteiger partial charge in [-0.25, -0.2) is 13.4 Å². The molecule has 0 atom stereocenters. The largest absolute Gasteiger partial charge is 0.326 e. The number of benzene rings is 1. The molecule has 20 heavy (non-hydrogen) atoms. The smallest absolute Gasteiger partial charge is 0.263 e. The van der Waals surface area contributed by atoms with Gasteiger partial charge in [0.05, 0.1) is 4.90 Å². The summed E-state index contributed by atoms with van der Waals surface area (Å²) in [6.07, 6.45) is 2.28. The highest BCUT2D eigenvalue weighted by Crippen LogP contribution is 2.24. The van der Waals surface area contributed by atoms with E-state index in [4.69, 9.17) is 5.73 Å². The van der Waals surface area contributed by atoms with Gasteiger partial charge in [0.2, 0.25) is 0 Å². The van der Waals surface area contributed by atoms with Crippen LogP contribution in [0.4, 0.5) is 5.13 Å². The molecule has 0 aliphatic rings. The summed E-state index contributed by atoms with van der Waals surface area (Å²) in [5, 5.41) is 0.378. The van der Waals surface area contributed by atoms with Gasteiger partial charge in [0, 0.05) is 17.6 Å². The zero-order valence-electron chi connectivity index (χ0n) is 11.4. The van der Waals surface area contributed by atoms with Gasteiger partial charge in [-0.15, -0.1) is 11.3 Å². The predicted molar refractivity (Wildman–Crippen MR) is 81.4 cm³/mol. The van der Waals surface area contributed by atoms with Crippen LogP contribution in [0.25, 0.3) is 0 Å². The monoisotopic (exact) mass is 311 g/mol. The van der Waals surface area contributed by atoms with E-state index in [1.54, 1.807) is 12.3 Å². The van der Waals surface area contributed by atoms with Crippen LogP contribution in [0, 0.1) is 6.92 Å². The zero-order chi connectivity index (χ0) is 14.8. The summed E-state index contributed by atoms with van der Waals surface area (Å²) >= 11 is 1.31. The highest BCUT2D eigenvalue weighted by atomic mass is 32.2. The molecule has 0 bridgehead atoms. The first kappa shape index (κ1) is 15.0. The van der Waals surface area contributed by atoms with E-state index in [9.17, 15) is 8.42 Å². The van der Waals surface area contributed by atoms with Crippen molar-refractivity contribution in [3.05, 3.63) is 40.4 Å². The minimum atomic E-state index is -3.63. The molecule has 2 aromatic rings. The first-order valence-corrected chi connectivity index (χ1v) is 8.53. The summed E-state index contributed by atoms with van der Waals surface area (Å²) in [6.45, 7) is 4.11. The lowest BCUT2D eigenvalue weighted by atomic mass is 10.1. The fraction of sp³-hybridized carbons (Fsp3) is 0.308. The molecule has 2 rings (SSSR count). The summed E-state index contributed by atoms with van der Waals surface area (Å²) in [5.74, 6) is 0. The maximum atomic E-state index is 12.5. The predicted octanol–water partition coefficient (Wildman–Crippen LogP) is 2.27. The van der Waals surface area contributed by atoms with Crippen LogP contribution in [0.2, 0.25) is 0 Å². The van der Waals surface area contributed by atoms with Crippen LogP contribution in [0.1, 0.15) is 22.9 Å². The van der Waals surface area contributed by atoms with Crippen LogP contribution in [0.5, 0.6) is 0 Å². The number of nitrogens with two attached hydrogens (primary N) is 1. The number of hydrogen-bond donors (Lipinski definition) is 2. The second kappa shape index (κ2) is 5.90. The van der Waals surface area contributed by atoms with Crippen LogP contribution in [0.3, 0.4) is 0 Å². The number of rotatable bonds is 5. The molecular weight excluding hydrogens is 294 g/mol. The first-order chi connectivity index (χ1) is 9.46. The average Bonchev–Trinajstić information content (AvgIpc) is 2.82. The third-order valence-corrected chi connectivity index (χ3v) is 5.26. The van der Waals surface area contributed by atoms with Gasteiger partial charge in [-0.3, -0.25) is 4.72 Å². The molecule has 0 saturated carbocycles. The minimum Gasteiger partial charge on any atom is -0.326 e. The summed E-state index contributed by atoms with van der Waals surface area (Å²) < 4.78 is 27.5. The Morgan fingerprint density at radius 2 is 2.15 bits per heavy atom. The maximum Gasteiger partial charge on any atom is 0.263 e. The van der Waals surface area contributed by atoms with Gasteiger partial charge >= 0.3 is 0 Å². The molecule has 1 heterocycles. The number of anilines is 1. The number of aromatic nitrogens is 1. The Labute approximate surface area is 122 Å². The molecule has 0 amide bonds. The number of hydrogen-bond acceptors (Lipinski definition) is 5. The maximum absolute atomic E-state index is 12.5. The summed E-state index contributed by atoms with van der Waals surface area (Å²) in [7, 11) is -3.63. The number of nitrogens with zero attached hydrogens (tertiary/aromatic N) is 1. The average molecular weight is 311 g/mol. The molecule has 0 saturated heterocycles. The Hall–Kier alpha value is -1.44. The van der Waals surface area contributed by atoms with Crippen molar-refractivity contribution in [2.24, 2.45) is 5.73 Å². The van der Waals surface area contributed by atoms with E-state index in [1.807, 2.05) is 26.0 Å². The SMILES string of the molecule is CCc1ccc(CN)cc1S(=O)(=O)Nc1ncc(C)s1. The lowest BCUT2D eigenvalue weighted by Gasteiger charge is -2.11. The van der Waals surface area contributed by atoms with Crippen LogP contribution in [-0.4, -0.2) is 13.4 Å². The van der Waals surface area contributed by atoms with E-state index in [1.165, 1.54) is 11.3 Å². The summed E-state index contributed by atoms with van der Waals surface area (Å²) in [5.41, 5.74) is 7.14. The van der Waals surface area contributed by atoms with Crippen molar-refractivity contribution >= 4 is 26.5 Å². The second-order valence-electron chi connectivity index (χ2n) is 4.38. The molecule has 0 radical (unpaired) electrons. The molecule has 1 aromatic heterocycles. The second-order valence-corrected chi connectivity index (χ2v) is 7.27. The summed E-state index contributed by atoms with van der Waals surface area (Å²) in [4.78, 5) is 5.25. The molecule has 0 spiro atoms. The van der Waals surface area contributed by atoms with Gasteiger partial charge in [-0.1, -0.05) is 19.1 Å². The highest BCUT2D eigenvalue weighted by Gasteiger charge is 2.19. The lowest BCUT2D eigenvalue weighted by Crippen LogP contribution is -2.15. The fourth-order valence-electron chi connectivity index (χ4n) is 1.84. The minimum absolute atomic E-state index is 0.274. The van der Waals surface area contributed by atoms with Crippen molar-refractivity contribution in [1.82, 2.24) is 4.98 Å². The Morgan fingerprint density at radius 3 is 2.70 bits per heavy atom. The van der Waals surface area contributed by atoms with Crippen molar-refractivity contribution in [1.29, 1.82) is 0 Å². The summed E-state index contributed by atoms with van der Waals surface area (Å²) in [6, 6.07) is 5.29. The third-order valence-electron chi connectivity index (χ3n) is 2.88. The van der Waals surface area contributed by atoms with Gasteiger partial charge in [0.15, 0.2) is 5.13 Å². The number of thiazole rings is 1. The van der Waals surface area contributed by atoms with E-state index < -0.39 is 10.0 Å². The molecule has 0 aliphatic heterocycles. The van der Waals surface area contributed by atoms with E-state index in [0.717, 1.165) is 16.0 Å². The zero-order valence-corrected chi connectivity index (χ0v) is 13.0. The molecule has 5 nitrogen and oxygen atoms in total. The Balaban J connectivity index is 2.42. The van der Waals surface area contributed by atoms with E-state index in [2.05, 4.69) is 9.71 Å². The lowest BCUT2D eigenvalue weighted by molar-refractivity contribution is 0.600. The normalized spacial score (nSPS) is 11.6. The van der Waals surface area contributed by atoms with Crippen LogP contribution in [-0.2, 0) is 23.0 Å². The third kappa shape index (κ3) is 3.17. The molecular formula is C13H17N3O2S2. The van der Waals surface area contributed by atoms with E-state index in [0.29, 0.717) is 18.1 Å². The van der Waals surface area contributed by atoms with Gasteiger partial charge in [0.25, 0.3) is 10.0 Å². The molecule has 0 unspecified atom stereocenters. The van der Waals surface area contributed by atoms with Gasteiger partial charge < -0.3 is 5.73 Å². The standard InChI is InChI=1S/C13H17N3O2S2/c1-3-11-5-4-10(7-14)6-12(11)20(17,18)16-13-15-8-9(2)19-13/h4-6,8H,3,7,14H2,1-2H3,(H,15,16). The van der Waals surface area contributed by atoms with Gasteiger partial charge in [-0.05, 0) is 30.5 Å². The van der Waals surface area contributed by atoms with Crippen LogP contribution in [0.15, 0.2) is 29.3 Å². The first-order valence-electron chi connectivity index (χ1n) is 6.23. The van der Waals surface area contributed by atoms with Crippen molar-refractivity contribution in [3.63, 3.8) is 0 Å². The highest BCUT2D eigenvalue weighted by molar-refractivity contribution is 7.93. The van der Waals surface area contributed by atoms with Crippen molar-refractivity contribution in [2.45, 2.75) is 31.7 Å². The van der Waals surface area contributed by atoms with Gasteiger partial charge in [-0.2, -0.15) is 0 Å². The molecule has 7 heteroatoms. The van der Waals surface area contributed by atoms with Gasteiger partial charge in [0.1, 0.15) is 0 Å². The number of aryl methyl sites for hydroxylation is 2. The number of sulfonamides is 1. The van der Waals surface area contributed by atoms with Crippen molar-refractivity contribution in [2.75, 3.05) is 4.72 Å². The Morgan fingerprint density at radius 1 is 1.40 bits per heavy atom. The molecule has 0 aliphatic carbocycles. The number of nitrogens with one attached hydrogen (secondary N) is 1. The molecule has 3 N–H and O–H groups in total. The molecule has 108 valence electrons. The van der Waals surface area contributed by atoms with Crippen LogP contribution < -0.4 is 10.5 Å². The van der Waals surface area contributed by atoms with Crippen molar-refractivity contribution in [3.8, 4) is 0 Å². The van der Waals surface area contributed by atoms with E-state index in [-0.39, 0.29) is 4.90 Å². The fourth-order valence-corrected chi connectivity index (χ4v) is 4.11. The molecule has 0 fully saturated rings. The Kier molecular flexibility index (Phi) is 4.42. The van der Waals surface area contributed by atoms with Crippen molar-refractivity contribution < 1.29 is 8.42 Å². The topological polar surface area (TPSA) is 85.1 Å².